The molecule has 0 bridgehead atoms. The number of hydrogen-bond acceptors (Lipinski definition) is 4. The highest BCUT2D eigenvalue weighted by atomic mass is 32.2. The quantitative estimate of drug-likeness (QED) is 0.476. The third kappa shape index (κ3) is 5.78. The largest absolute Gasteiger partial charge is 0.304 e. The Bertz CT molecular complexity index is 1010. The Kier molecular flexibility index (Phi) is 7.79. The van der Waals surface area contributed by atoms with Gasteiger partial charge < -0.3 is 4.90 Å². The van der Waals surface area contributed by atoms with Crippen molar-refractivity contribution in [2.24, 2.45) is 0 Å². The molecular weight excluding hydrogens is 396 g/mol. The first-order valence-corrected chi connectivity index (χ1v) is 11.9. The molecule has 3 aromatic rings. The van der Waals surface area contributed by atoms with Crippen LogP contribution in [0.25, 0.3) is 11.3 Å². The number of rotatable bonds is 11. The van der Waals surface area contributed by atoms with Crippen LogP contribution in [0.1, 0.15) is 25.8 Å². The van der Waals surface area contributed by atoms with Gasteiger partial charge in [-0.25, -0.2) is 13.1 Å². The van der Waals surface area contributed by atoms with Crippen molar-refractivity contribution in [2.75, 3.05) is 26.2 Å². The van der Waals surface area contributed by atoms with E-state index in [-0.39, 0.29) is 4.90 Å². The first kappa shape index (κ1) is 22.2. The van der Waals surface area contributed by atoms with E-state index >= 15 is 0 Å². The van der Waals surface area contributed by atoms with Gasteiger partial charge in [0.1, 0.15) is 10.6 Å². The minimum Gasteiger partial charge on any atom is -0.304 e. The molecule has 0 aliphatic heterocycles. The average molecular weight is 427 g/mol. The minimum atomic E-state index is -3.67. The van der Waals surface area contributed by atoms with Gasteiger partial charge in [0, 0.05) is 18.3 Å². The fourth-order valence-corrected chi connectivity index (χ4v) is 4.62. The molecule has 0 aliphatic rings. The molecular formula is C23H30N4O2S. The van der Waals surface area contributed by atoms with Crippen LogP contribution in [0.4, 0.5) is 0 Å². The minimum absolute atomic E-state index is 0.215. The van der Waals surface area contributed by atoms with Crippen LogP contribution in [0.5, 0.6) is 0 Å². The van der Waals surface area contributed by atoms with Crippen LogP contribution in [0.3, 0.4) is 0 Å². The van der Waals surface area contributed by atoms with Gasteiger partial charge in [-0.05, 0) is 31.6 Å². The summed E-state index contributed by atoms with van der Waals surface area (Å²) in [5.41, 5.74) is 2.33. The smallest absolute Gasteiger partial charge is 0.244 e. The Balaban J connectivity index is 1.82. The zero-order valence-corrected chi connectivity index (χ0v) is 18.5. The van der Waals surface area contributed by atoms with E-state index < -0.39 is 10.0 Å². The molecule has 0 radical (unpaired) electrons. The highest BCUT2D eigenvalue weighted by Crippen LogP contribution is 2.26. The second-order valence-corrected chi connectivity index (χ2v) is 8.90. The SMILES string of the molecule is CCN(CC)CCCNS(=O)(=O)c1cn(Cc2ccccc2)nc1-c1ccccc1. The van der Waals surface area contributed by atoms with Crippen molar-refractivity contribution in [1.82, 2.24) is 19.4 Å². The summed E-state index contributed by atoms with van der Waals surface area (Å²) in [7, 11) is -3.67. The third-order valence-corrected chi connectivity index (χ3v) is 6.55. The second kappa shape index (κ2) is 10.5. The van der Waals surface area contributed by atoms with E-state index in [1.54, 1.807) is 10.9 Å². The molecule has 0 aliphatic carbocycles. The molecule has 7 heteroatoms. The Morgan fingerprint density at radius 1 is 0.967 bits per heavy atom. The van der Waals surface area contributed by atoms with Crippen molar-refractivity contribution in [2.45, 2.75) is 31.7 Å². The van der Waals surface area contributed by atoms with Gasteiger partial charge >= 0.3 is 0 Å². The Labute approximate surface area is 179 Å². The average Bonchev–Trinajstić information content (AvgIpc) is 3.20. The van der Waals surface area contributed by atoms with Crippen LogP contribution in [0.15, 0.2) is 71.8 Å². The molecule has 0 amide bonds. The van der Waals surface area contributed by atoms with Crippen LogP contribution in [0.2, 0.25) is 0 Å². The molecule has 0 unspecified atom stereocenters. The monoisotopic (exact) mass is 426 g/mol. The fourth-order valence-electron chi connectivity index (χ4n) is 3.37. The summed E-state index contributed by atoms with van der Waals surface area (Å²) in [4.78, 5) is 2.49. The summed E-state index contributed by atoms with van der Waals surface area (Å²) >= 11 is 0. The molecule has 0 spiro atoms. The van der Waals surface area contributed by atoms with Gasteiger partial charge in [-0.3, -0.25) is 4.68 Å². The lowest BCUT2D eigenvalue weighted by atomic mass is 10.2. The molecule has 2 aromatic carbocycles. The summed E-state index contributed by atoms with van der Waals surface area (Å²) < 4.78 is 30.7. The van der Waals surface area contributed by atoms with Gasteiger partial charge in [0.05, 0.1) is 6.54 Å². The maximum absolute atomic E-state index is 13.1. The van der Waals surface area contributed by atoms with E-state index in [0.717, 1.165) is 37.2 Å². The van der Waals surface area contributed by atoms with Crippen LogP contribution >= 0.6 is 0 Å². The molecule has 0 saturated carbocycles. The van der Waals surface area contributed by atoms with E-state index in [1.807, 2.05) is 60.7 Å². The highest BCUT2D eigenvalue weighted by Gasteiger charge is 2.23. The van der Waals surface area contributed by atoms with Crippen molar-refractivity contribution in [3.63, 3.8) is 0 Å². The summed E-state index contributed by atoms with van der Waals surface area (Å²) in [6, 6.07) is 19.3. The summed E-state index contributed by atoms with van der Waals surface area (Å²) in [5, 5.41) is 4.61. The van der Waals surface area contributed by atoms with Crippen molar-refractivity contribution in [3.05, 3.63) is 72.4 Å². The van der Waals surface area contributed by atoms with E-state index in [1.165, 1.54) is 0 Å². The van der Waals surface area contributed by atoms with Crippen molar-refractivity contribution in [3.8, 4) is 11.3 Å². The van der Waals surface area contributed by atoms with E-state index in [9.17, 15) is 8.42 Å². The number of nitrogens with zero attached hydrogens (tertiary/aromatic N) is 3. The predicted octanol–water partition coefficient (Wildman–Crippen LogP) is 3.61. The van der Waals surface area contributed by atoms with Crippen LogP contribution in [0, 0.1) is 0 Å². The van der Waals surface area contributed by atoms with Crippen molar-refractivity contribution in [1.29, 1.82) is 0 Å². The summed E-state index contributed by atoms with van der Waals surface area (Å²) in [5.74, 6) is 0. The van der Waals surface area contributed by atoms with Crippen LogP contribution in [-0.4, -0.2) is 49.3 Å². The lowest BCUT2D eigenvalue weighted by molar-refractivity contribution is 0.300. The lowest BCUT2D eigenvalue weighted by Crippen LogP contribution is -2.30. The third-order valence-electron chi connectivity index (χ3n) is 5.09. The van der Waals surface area contributed by atoms with Gasteiger partial charge in [-0.2, -0.15) is 5.10 Å². The molecule has 1 heterocycles. The van der Waals surface area contributed by atoms with Crippen molar-refractivity contribution >= 4 is 10.0 Å². The molecule has 30 heavy (non-hydrogen) atoms. The molecule has 0 atom stereocenters. The lowest BCUT2D eigenvalue weighted by Gasteiger charge is -2.17. The Hall–Kier alpha value is -2.48. The molecule has 6 nitrogen and oxygen atoms in total. The van der Waals surface area contributed by atoms with E-state index in [4.69, 9.17) is 0 Å². The van der Waals surface area contributed by atoms with Crippen LogP contribution < -0.4 is 4.72 Å². The number of hydrogen-bond donors (Lipinski definition) is 1. The predicted molar refractivity (Wildman–Crippen MR) is 121 cm³/mol. The Morgan fingerprint density at radius 3 is 2.23 bits per heavy atom. The maximum Gasteiger partial charge on any atom is 0.244 e. The topological polar surface area (TPSA) is 67.2 Å². The molecule has 1 aromatic heterocycles. The van der Waals surface area contributed by atoms with E-state index in [0.29, 0.717) is 18.8 Å². The number of sulfonamides is 1. The zero-order valence-electron chi connectivity index (χ0n) is 17.7. The first-order valence-electron chi connectivity index (χ1n) is 10.4. The number of benzene rings is 2. The summed E-state index contributed by atoms with van der Waals surface area (Å²) in [6.45, 7) is 7.94. The Morgan fingerprint density at radius 2 is 1.60 bits per heavy atom. The summed E-state index contributed by atoms with van der Waals surface area (Å²) in [6.07, 6.45) is 2.39. The fraction of sp³-hybridized carbons (Fsp3) is 0.348. The zero-order chi connectivity index (χ0) is 21.4. The second-order valence-electron chi connectivity index (χ2n) is 7.17. The van der Waals surface area contributed by atoms with Gasteiger partial charge in [0.25, 0.3) is 0 Å². The number of nitrogens with one attached hydrogen (secondary N) is 1. The molecule has 1 N–H and O–H groups in total. The first-order chi connectivity index (χ1) is 14.5. The molecule has 0 saturated heterocycles. The number of aromatic nitrogens is 2. The van der Waals surface area contributed by atoms with Gasteiger partial charge in [-0.15, -0.1) is 0 Å². The highest BCUT2D eigenvalue weighted by molar-refractivity contribution is 7.89. The maximum atomic E-state index is 13.1. The standard InChI is InChI=1S/C23H30N4O2S/c1-3-26(4-2)17-11-16-24-30(28,29)22-19-27(18-20-12-7-5-8-13-20)25-23(22)21-14-9-6-10-15-21/h5-10,12-15,19,24H,3-4,11,16-18H2,1-2H3. The molecule has 3 rings (SSSR count). The molecule has 0 fully saturated rings. The van der Waals surface area contributed by atoms with Crippen LogP contribution in [-0.2, 0) is 16.6 Å². The van der Waals surface area contributed by atoms with Gasteiger partial charge in [0.15, 0.2) is 0 Å². The van der Waals surface area contributed by atoms with Gasteiger partial charge in [0.2, 0.25) is 10.0 Å². The van der Waals surface area contributed by atoms with Crippen molar-refractivity contribution < 1.29 is 8.42 Å². The van der Waals surface area contributed by atoms with Gasteiger partial charge in [-0.1, -0.05) is 74.5 Å². The normalized spacial score (nSPS) is 11.8. The molecule has 160 valence electrons. The van der Waals surface area contributed by atoms with E-state index in [2.05, 4.69) is 28.6 Å².